The van der Waals surface area contributed by atoms with Crippen molar-refractivity contribution in [3.8, 4) is 0 Å². The zero-order chi connectivity index (χ0) is 17.6. The van der Waals surface area contributed by atoms with Crippen LogP contribution in [0.15, 0.2) is 34.9 Å². The lowest BCUT2D eigenvalue weighted by Crippen LogP contribution is -2.31. The molecule has 1 aromatic carbocycles. The number of carbonyl (C=O) groups is 3. The summed E-state index contributed by atoms with van der Waals surface area (Å²) < 4.78 is 4.93. The van der Waals surface area contributed by atoms with Gasteiger partial charge in [0.2, 0.25) is 0 Å². The summed E-state index contributed by atoms with van der Waals surface area (Å²) in [6.07, 6.45) is 5.38. The number of cyclic esters (lactones) is 1. The van der Waals surface area contributed by atoms with Crippen LogP contribution in [0.4, 0.5) is 5.69 Å². The van der Waals surface area contributed by atoms with Gasteiger partial charge in [-0.15, -0.1) is 0 Å². The van der Waals surface area contributed by atoms with E-state index in [4.69, 9.17) is 16.3 Å². The molecule has 128 valence electrons. The molecule has 3 aliphatic rings. The fourth-order valence-electron chi connectivity index (χ4n) is 3.52. The highest BCUT2D eigenvalue weighted by Gasteiger charge is 2.39. The van der Waals surface area contributed by atoms with E-state index in [1.165, 1.54) is 4.90 Å². The Labute approximate surface area is 149 Å². The predicted molar refractivity (Wildman–Crippen MR) is 93.0 cm³/mol. The lowest BCUT2D eigenvalue weighted by Gasteiger charge is -2.16. The van der Waals surface area contributed by atoms with Gasteiger partial charge in [0, 0.05) is 28.2 Å². The third kappa shape index (κ3) is 2.68. The maximum Gasteiger partial charge on any atom is 0.334 e. The van der Waals surface area contributed by atoms with E-state index in [0.29, 0.717) is 58.9 Å². The minimum Gasteiger partial charge on any atom is -0.462 e. The molecule has 6 heteroatoms. The van der Waals surface area contributed by atoms with E-state index in [1.807, 2.05) is 0 Å². The average molecular weight is 358 g/mol. The minimum atomic E-state index is -0.355. The lowest BCUT2D eigenvalue weighted by atomic mass is 9.93. The summed E-state index contributed by atoms with van der Waals surface area (Å²) in [5.41, 5.74) is 2.90. The monoisotopic (exact) mass is 357 g/mol. The molecule has 0 atom stereocenters. The van der Waals surface area contributed by atoms with Gasteiger partial charge in [-0.05, 0) is 55.5 Å². The number of ether oxygens (including phenoxy) is 1. The number of amides is 2. The molecule has 1 aromatic rings. The van der Waals surface area contributed by atoms with Crippen molar-refractivity contribution >= 4 is 41.1 Å². The largest absolute Gasteiger partial charge is 0.462 e. The first-order valence-corrected chi connectivity index (χ1v) is 8.72. The third-order valence-electron chi connectivity index (χ3n) is 4.82. The first kappa shape index (κ1) is 16.1. The minimum absolute atomic E-state index is 0.235. The van der Waals surface area contributed by atoms with Gasteiger partial charge in [0.05, 0.1) is 12.3 Å². The molecule has 2 aliphatic heterocycles. The number of rotatable bonds is 2. The molecule has 0 aromatic heterocycles. The molecule has 25 heavy (non-hydrogen) atoms. The Bertz CT molecular complexity index is 840. The van der Waals surface area contributed by atoms with E-state index in [0.717, 1.165) is 12.8 Å². The van der Waals surface area contributed by atoms with Crippen molar-refractivity contribution < 1.29 is 19.1 Å². The third-order valence-corrected chi connectivity index (χ3v) is 5.17. The van der Waals surface area contributed by atoms with Gasteiger partial charge in [0.15, 0.2) is 0 Å². The Hall–Kier alpha value is -2.40. The van der Waals surface area contributed by atoms with E-state index >= 15 is 0 Å². The molecule has 1 aliphatic carbocycles. The van der Waals surface area contributed by atoms with Gasteiger partial charge in [0.1, 0.15) is 0 Å². The highest BCUT2D eigenvalue weighted by atomic mass is 35.5. The molecule has 0 unspecified atom stereocenters. The van der Waals surface area contributed by atoms with Crippen LogP contribution in [0.2, 0.25) is 5.02 Å². The fourth-order valence-corrected chi connectivity index (χ4v) is 3.69. The Kier molecular flexibility index (Phi) is 3.96. The second-order valence-electron chi connectivity index (χ2n) is 6.37. The molecule has 0 saturated carbocycles. The Morgan fingerprint density at radius 1 is 1.00 bits per heavy atom. The van der Waals surface area contributed by atoms with Crippen molar-refractivity contribution in [2.45, 2.75) is 32.1 Å². The fraction of sp³-hybridized carbons (Fsp3) is 0.316. The second kappa shape index (κ2) is 6.15. The maximum absolute atomic E-state index is 12.7. The van der Waals surface area contributed by atoms with Crippen LogP contribution in [-0.2, 0) is 19.1 Å². The van der Waals surface area contributed by atoms with Crippen molar-refractivity contribution in [3.63, 3.8) is 0 Å². The summed E-state index contributed by atoms with van der Waals surface area (Å²) in [7, 11) is 0. The first-order valence-electron chi connectivity index (χ1n) is 8.34. The average Bonchev–Trinajstić information content (AvgIpc) is 3.12. The summed E-state index contributed by atoms with van der Waals surface area (Å²) >= 11 is 6.23. The highest BCUT2D eigenvalue weighted by molar-refractivity contribution is 6.34. The van der Waals surface area contributed by atoms with Crippen LogP contribution in [-0.4, -0.2) is 24.4 Å². The van der Waals surface area contributed by atoms with E-state index in [2.05, 4.69) is 0 Å². The summed E-state index contributed by atoms with van der Waals surface area (Å²) in [6, 6.07) is 4.97. The van der Waals surface area contributed by atoms with E-state index in [-0.39, 0.29) is 17.8 Å². The van der Waals surface area contributed by atoms with E-state index in [9.17, 15) is 14.4 Å². The van der Waals surface area contributed by atoms with Gasteiger partial charge < -0.3 is 4.74 Å². The van der Waals surface area contributed by atoms with Crippen molar-refractivity contribution in [2.24, 2.45) is 0 Å². The Morgan fingerprint density at radius 2 is 1.68 bits per heavy atom. The molecule has 5 nitrogen and oxygen atoms in total. The Balaban J connectivity index is 1.70. The van der Waals surface area contributed by atoms with Crippen LogP contribution in [0.1, 0.15) is 37.7 Å². The van der Waals surface area contributed by atoms with Crippen LogP contribution < -0.4 is 4.90 Å². The topological polar surface area (TPSA) is 63.7 Å². The second-order valence-corrected chi connectivity index (χ2v) is 6.78. The van der Waals surface area contributed by atoms with E-state index in [1.54, 1.807) is 24.3 Å². The summed E-state index contributed by atoms with van der Waals surface area (Å²) in [6.45, 7) is 0.363. The summed E-state index contributed by atoms with van der Waals surface area (Å²) in [4.78, 5) is 38.2. The van der Waals surface area contributed by atoms with Crippen LogP contribution in [0, 0.1) is 0 Å². The summed E-state index contributed by atoms with van der Waals surface area (Å²) in [5.74, 6) is -0.825. The molecule has 0 radical (unpaired) electrons. The van der Waals surface area contributed by atoms with Gasteiger partial charge >= 0.3 is 5.97 Å². The van der Waals surface area contributed by atoms with Crippen LogP contribution in [0.25, 0.3) is 6.08 Å². The van der Waals surface area contributed by atoms with Crippen LogP contribution in [0.5, 0.6) is 0 Å². The molecule has 2 amide bonds. The molecular weight excluding hydrogens is 342 g/mol. The Morgan fingerprint density at radius 3 is 2.28 bits per heavy atom. The number of hydrogen-bond donors (Lipinski definition) is 0. The maximum atomic E-state index is 12.7. The SMILES string of the molecule is O=C1OCCC1=Cc1cc(N2C(=O)C3=C(CCCC3)C2=O)ccc1Cl. The van der Waals surface area contributed by atoms with Crippen molar-refractivity contribution in [1.82, 2.24) is 0 Å². The van der Waals surface area contributed by atoms with Crippen molar-refractivity contribution in [2.75, 3.05) is 11.5 Å². The number of benzene rings is 1. The standard InChI is InChI=1S/C19H16ClNO4/c20-16-6-5-13(10-12(16)9-11-7-8-25-19(11)24)21-17(22)14-3-1-2-4-15(14)18(21)23/h5-6,9-10H,1-4,7-8H2. The normalized spacial score (nSPS) is 22.0. The van der Waals surface area contributed by atoms with E-state index < -0.39 is 0 Å². The smallest absolute Gasteiger partial charge is 0.334 e. The van der Waals surface area contributed by atoms with Crippen LogP contribution >= 0.6 is 11.6 Å². The van der Waals surface area contributed by atoms with Gasteiger partial charge in [-0.1, -0.05) is 11.6 Å². The number of esters is 1. The number of hydrogen-bond acceptors (Lipinski definition) is 4. The van der Waals surface area contributed by atoms with Gasteiger partial charge in [0.25, 0.3) is 11.8 Å². The number of imide groups is 1. The zero-order valence-electron chi connectivity index (χ0n) is 13.5. The van der Waals surface area contributed by atoms with Gasteiger partial charge in [-0.2, -0.15) is 0 Å². The van der Waals surface area contributed by atoms with Gasteiger partial charge in [-0.3, -0.25) is 9.59 Å². The zero-order valence-corrected chi connectivity index (χ0v) is 14.3. The predicted octanol–water partition coefficient (Wildman–Crippen LogP) is 3.41. The molecule has 2 heterocycles. The van der Waals surface area contributed by atoms with Crippen molar-refractivity contribution in [3.05, 3.63) is 45.5 Å². The number of nitrogens with zero attached hydrogens (tertiary/aromatic N) is 1. The molecule has 4 rings (SSSR count). The van der Waals surface area contributed by atoms with Crippen LogP contribution in [0.3, 0.4) is 0 Å². The highest BCUT2D eigenvalue weighted by Crippen LogP contribution is 2.37. The molecule has 1 fully saturated rings. The molecule has 0 spiro atoms. The quantitative estimate of drug-likeness (QED) is 0.462. The number of halogens is 1. The molecule has 1 saturated heterocycles. The lowest BCUT2D eigenvalue weighted by molar-refractivity contribution is -0.135. The van der Waals surface area contributed by atoms with Gasteiger partial charge in [-0.25, -0.2) is 9.69 Å². The summed E-state index contributed by atoms with van der Waals surface area (Å²) in [5, 5.41) is 0.452. The molecule has 0 N–H and O–H groups in total. The van der Waals surface area contributed by atoms with Crippen molar-refractivity contribution in [1.29, 1.82) is 0 Å². The molecular formula is C19H16ClNO4. The first-order chi connectivity index (χ1) is 12.1. The number of carbonyl (C=O) groups excluding carboxylic acids is 3. The molecule has 0 bridgehead atoms. The number of anilines is 1.